The average molecular weight is 827 g/mol. The van der Waals surface area contributed by atoms with E-state index in [1.165, 1.54) is 110 Å². The number of aromatic hydroxyl groups is 1. The minimum absolute atomic E-state index is 0.0821. The molecule has 1 nitrogen and oxygen atoms in total. The van der Waals surface area contributed by atoms with Gasteiger partial charge in [-0.25, -0.2) is 0 Å². The Kier molecular flexibility index (Phi) is 19.7. The normalized spacial score (nSPS) is 12.4. The van der Waals surface area contributed by atoms with E-state index in [0.717, 1.165) is 63.4 Å². The maximum Gasteiger partial charge on any atom is 0.119 e. The first kappa shape index (κ1) is 50.3. The fourth-order valence-electron chi connectivity index (χ4n) is 10.5. The number of hydrogen-bond donors (Lipinski definition) is 1. The first-order chi connectivity index (χ1) is 29.2. The van der Waals surface area contributed by atoms with Crippen LogP contribution < -0.4 is 0 Å². The highest BCUT2D eigenvalue weighted by molar-refractivity contribution is 5.52. The van der Waals surface area contributed by atoms with Crippen LogP contribution in [0.2, 0.25) is 0 Å². The Morgan fingerprint density at radius 2 is 0.639 bits per heavy atom. The van der Waals surface area contributed by atoms with E-state index in [4.69, 9.17) is 0 Å². The molecular weight excluding hydrogens is 737 g/mol. The van der Waals surface area contributed by atoms with Gasteiger partial charge in [0.15, 0.2) is 0 Å². The third-order valence-corrected chi connectivity index (χ3v) is 14.1. The van der Waals surface area contributed by atoms with Gasteiger partial charge >= 0.3 is 0 Å². The third kappa shape index (κ3) is 13.3. The molecule has 0 heterocycles. The lowest BCUT2D eigenvalue weighted by molar-refractivity contribution is 0.438. The van der Waals surface area contributed by atoms with E-state index in [9.17, 15) is 5.11 Å². The highest BCUT2D eigenvalue weighted by Crippen LogP contribution is 2.43. The van der Waals surface area contributed by atoms with Crippen molar-refractivity contribution in [2.75, 3.05) is 0 Å². The summed E-state index contributed by atoms with van der Waals surface area (Å²) >= 11 is 0. The highest BCUT2D eigenvalue weighted by Gasteiger charge is 2.34. The van der Waals surface area contributed by atoms with Crippen LogP contribution in [0.1, 0.15) is 227 Å². The number of aryl methyl sites for hydroxylation is 3. The van der Waals surface area contributed by atoms with Gasteiger partial charge in [0, 0.05) is 0 Å². The van der Waals surface area contributed by atoms with Crippen LogP contribution in [0.15, 0.2) is 66.7 Å². The summed E-state index contributed by atoms with van der Waals surface area (Å²) in [5.41, 5.74) is 17.4. The van der Waals surface area contributed by atoms with Gasteiger partial charge in [-0.2, -0.15) is 0 Å². The van der Waals surface area contributed by atoms with Crippen molar-refractivity contribution in [1.29, 1.82) is 0 Å². The van der Waals surface area contributed by atoms with Crippen molar-refractivity contribution in [3.05, 3.63) is 133 Å². The molecule has 0 aliphatic carbocycles. The van der Waals surface area contributed by atoms with Crippen molar-refractivity contribution >= 4 is 0 Å². The van der Waals surface area contributed by atoms with Crippen LogP contribution in [0.3, 0.4) is 0 Å². The molecule has 0 bridgehead atoms. The largest absolute Gasteiger partial charge is 0.508 e. The minimum atomic E-state index is -0.164. The number of rotatable bonds is 27. The van der Waals surface area contributed by atoms with Crippen LogP contribution in [0.5, 0.6) is 5.75 Å². The van der Waals surface area contributed by atoms with E-state index in [1.54, 1.807) is 27.8 Å². The minimum Gasteiger partial charge on any atom is -0.508 e. The Bertz CT molecular complexity index is 1940. The van der Waals surface area contributed by atoms with Gasteiger partial charge in [-0.15, -0.1) is 0 Å². The molecule has 4 rings (SSSR count). The first-order valence-corrected chi connectivity index (χ1v) is 25.4. The fourth-order valence-corrected chi connectivity index (χ4v) is 10.5. The summed E-state index contributed by atoms with van der Waals surface area (Å²) in [6.45, 7) is 28.8. The van der Waals surface area contributed by atoms with E-state index in [0.29, 0.717) is 5.75 Å². The number of hydrogen-bond acceptors (Lipinski definition) is 1. The van der Waals surface area contributed by atoms with Gasteiger partial charge in [0.05, 0.1) is 0 Å². The Morgan fingerprint density at radius 3 is 0.984 bits per heavy atom. The van der Waals surface area contributed by atoms with Crippen LogP contribution in [-0.2, 0) is 74.0 Å². The lowest BCUT2D eigenvalue weighted by atomic mass is 9.68. The molecule has 0 atom stereocenters. The predicted octanol–water partition coefficient (Wildman–Crippen LogP) is 17.0. The zero-order valence-corrected chi connectivity index (χ0v) is 41.6. The SMILES string of the molecule is CCCCc1cccc(C(C)(C)Cc2ccc(O)c(CC(C)(C)c3cccc(CCCC)c3CCCC)c2CC(C)(C)c2cccc(CCCC)c2CCCC)c1CCCC. The zero-order chi connectivity index (χ0) is 44.6. The van der Waals surface area contributed by atoms with Crippen LogP contribution in [0.25, 0.3) is 0 Å². The van der Waals surface area contributed by atoms with E-state index in [1.807, 2.05) is 0 Å². The maximum atomic E-state index is 12.3. The molecule has 0 amide bonds. The van der Waals surface area contributed by atoms with E-state index in [2.05, 4.69) is 150 Å². The number of benzene rings is 4. The molecule has 0 saturated carbocycles. The van der Waals surface area contributed by atoms with Gasteiger partial charge in [-0.05, 0) is 185 Å². The fraction of sp³-hybridized carbons (Fsp3) is 0.600. The first-order valence-electron chi connectivity index (χ1n) is 25.4. The smallest absolute Gasteiger partial charge is 0.119 e. The lowest BCUT2D eigenvalue weighted by Gasteiger charge is -2.36. The molecule has 0 spiro atoms. The Hall–Kier alpha value is -3.32. The van der Waals surface area contributed by atoms with Gasteiger partial charge in [0.2, 0.25) is 0 Å². The zero-order valence-electron chi connectivity index (χ0n) is 41.6. The molecule has 336 valence electrons. The molecule has 4 aromatic rings. The molecule has 0 fully saturated rings. The molecule has 1 N–H and O–H groups in total. The van der Waals surface area contributed by atoms with Crippen LogP contribution >= 0.6 is 0 Å². The van der Waals surface area contributed by atoms with Crippen molar-refractivity contribution < 1.29 is 5.11 Å². The van der Waals surface area contributed by atoms with E-state index >= 15 is 0 Å². The Morgan fingerprint density at radius 1 is 0.328 bits per heavy atom. The van der Waals surface area contributed by atoms with Crippen molar-refractivity contribution in [3.8, 4) is 5.75 Å². The molecule has 0 aliphatic rings. The van der Waals surface area contributed by atoms with Gasteiger partial charge in [-0.3, -0.25) is 0 Å². The number of phenols is 1. The number of unbranched alkanes of at least 4 members (excludes halogenated alkanes) is 6. The summed E-state index contributed by atoms with van der Waals surface area (Å²) in [7, 11) is 0. The second kappa shape index (κ2) is 23.9. The van der Waals surface area contributed by atoms with Gasteiger partial charge < -0.3 is 5.11 Å². The summed E-state index contributed by atoms with van der Waals surface area (Å²) in [6.07, 6.45) is 24.1. The highest BCUT2D eigenvalue weighted by atomic mass is 16.3. The van der Waals surface area contributed by atoms with Crippen LogP contribution in [-0.4, -0.2) is 5.11 Å². The van der Waals surface area contributed by atoms with Crippen molar-refractivity contribution in [2.45, 2.75) is 234 Å². The van der Waals surface area contributed by atoms with E-state index < -0.39 is 0 Å². The summed E-state index contributed by atoms with van der Waals surface area (Å²) in [4.78, 5) is 0. The molecule has 0 unspecified atom stereocenters. The molecule has 0 radical (unpaired) electrons. The molecule has 4 aromatic carbocycles. The van der Waals surface area contributed by atoms with Gasteiger partial charge in [-0.1, -0.05) is 182 Å². The molecule has 61 heavy (non-hydrogen) atoms. The predicted molar refractivity (Wildman–Crippen MR) is 269 cm³/mol. The summed E-state index contributed by atoms with van der Waals surface area (Å²) < 4.78 is 0. The van der Waals surface area contributed by atoms with Gasteiger partial charge in [0.25, 0.3) is 0 Å². The molecule has 0 aromatic heterocycles. The second-order valence-corrected chi connectivity index (χ2v) is 20.8. The van der Waals surface area contributed by atoms with Crippen molar-refractivity contribution in [1.82, 2.24) is 0 Å². The summed E-state index contributed by atoms with van der Waals surface area (Å²) in [5.74, 6) is 0.464. The average Bonchev–Trinajstić information content (AvgIpc) is 3.24. The second-order valence-electron chi connectivity index (χ2n) is 20.8. The molecule has 0 aliphatic heterocycles. The number of phenolic OH excluding ortho intramolecular Hbond substituents is 1. The standard InChI is InChI=1S/C60H90O/c1-13-19-28-45-31-25-37-54(49(45)34-22-16-4)58(7,8)42-48-40-41-57(61)53(44-60(11,12)56-39-27-33-47(30-21-15-3)51(56)36-24-18-6)52(48)43-59(9,10)55-38-26-32-46(29-20-14-2)50(55)35-23-17-5/h25-27,31-33,37-41,61H,13-24,28-30,34-36,42-44H2,1-12H3. The van der Waals surface area contributed by atoms with Gasteiger partial charge in [0.1, 0.15) is 5.75 Å². The third-order valence-electron chi connectivity index (χ3n) is 14.1. The van der Waals surface area contributed by atoms with Crippen LogP contribution in [0.4, 0.5) is 0 Å². The quantitative estimate of drug-likeness (QED) is 0.0635. The van der Waals surface area contributed by atoms with E-state index in [-0.39, 0.29) is 16.2 Å². The van der Waals surface area contributed by atoms with Crippen LogP contribution in [0, 0.1) is 0 Å². The summed E-state index contributed by atoms with van der Waals surface area (Å²) in [6, 6.07) is 25.9. The summed E-state index contributed by atoms with van der Waals surface area (Å²) in [5, 5.41) is 12.3. The molecule has 1 heteroatoms. The maximum absolute atomic E-state index is 12.3. The molecular formula is C60H90O. The van der Waals surface area contributed by atoms with Crippen molar-refractivity contribution in [3.63, 3.8) is 0 Å². The Balaban J connectivity index is 1.96. The van der Waals surface area contributed by atoms with Crippen molar-refractivity contribution in [2.24, 2.45) is 0 Å². The molecule has 0 saturated heterocycles. The lowest BCUT2D eigenvalue weighted by Crippen LogP contribution is -2.29. The topological polar surface area (TPSA) is 20.2 Å². The Labute approximate surface area is 377 Å². The monoisotopic (exact) mass is 827 g/mol.